The normalized spacial score (nSPS) is 12.5. The molecule has 0 radical (unpaired) electrons. The monoisotopic (exact) mass is 470 g/mol. The number of hydrogen-bond donors (Lipinski definition) is 0. The molecule has 0 spiro atoms. The van der Waals surface area contributed by atoms with Gasteiger partial charge >= 0.3 is 159 Å². The zero-order valence-corrected chi connectivity index (χ0v) is 19.1. The molecule has 0 rings (SSSR count). The van der Waals surface area contributed by atoms with Crippen LogP contribution in [-0.2, 0) is 0 Å². The van der Waals surface area contributed by atoms with E-state index < -0.39 is 0 Å². The van der Waals surface area contributed by atoms with Crippen molar-refractivity contribution in [1.29, 1.82) is 0 Å². The average molecular weight is 468 g/mol. The summed E-state index contributed by atoms with van der Waals surface area (Å²) in [4.78, 5) is 0. The molecule has 0 aromatic carbocycles. The molecule has 0 atom stereocenters. The van der Waals surface area contributed by atoms with Gasteiger partial charge in [-0.15, -0.1) is 0 Å². The third kappa shape index (κ3) is 14.3. The molecule has 0 aliphatic heterocycles. The number of thioether (sulfide) groups is 2. The van der Waals surface area contributed by atoms with Crippen molar-refractivity contribution in [2.24, 2.45) is 0 Å². The van der Waals surface area contributed by atoms with Gasteiger partial charge in [0.2, 0.25) is 0 Å². The predicted octanol–water partition coefficient (Wildman–Crippen LogP) is 6.21. The summed E-state index contributed by atoms with van der Waals surface area (Å²) in [5, 5.41) is 0. The van der Waals surface area contributed by atoms with E-state index >= 15 is 0 Å². The molecular formula is C18H30S2Se2. The molecule has 0 saturated carbocycles. The minimum atomic E-state index is 0.626. The molecule has 0 aromatic rings. The van der Waals surface area contributed by atoms with Crippen LogP contribution in [0.4, 0.5) is 0 Å². The van der Waals surface area contributed by atoms with Gasteiger partial charge in [-0.2, -0.15) is 0 Å². The first kappa shape index (κ1) is 22.7. The second-order valence-electron chi connectivity index (χ2n) is 4.67. The van der Waals surface area contributed by atoms with Crippen LogP contribution in [0.15, 0.2) is 45.1 Å². The molecule has 0 fully saturated rings. The van der Waals surface area contributed by atoms with Gasteiger partial charge in [-0.05, 0) is 0 Å². The number of hydrogen-bond acceptors (Lipinski definition) is 2. The van der Waals surface area contributed by atoms with Gasteiger partial charge in [0, 0.05) is 0 Å². The van der Waals surface area contributed by atoms with Crippen molar-refractivity contribution in [2.45, 2.75) is 52.4 Å². The molecule has 4 heteroatoms. The summed E-state index contributed by atoms with van der Waals surface area (Å²) >= 11 is 5.41. The Kier molecular flexibility index (Phi) is 18.6. The van der Waals surface area contributed by atoms with E-state index in [0.29, 0.717) is 26.3 Å². The van der Waals surface area contributed by atoms with Gasteiger partial charge < -0.3 is 0 Å². The molecule has 0 N–H and O–H groups in total. The fourth-order valence-electron chi connectivity index (χ4n) is 1.31. The third-order valence-corrected chi connectivity index (χ3v) is 15.7. The van der Waals surface area contributed by atoms with Gasteiger partial charge in [-0.1, -0.05) is 0 Å². The van der Waals surface area contributed by atoms with Gasteiger partial charge in [0.05, 0.1) is 0 Å². The molecule has 0 nitrogen and oxygen atoms in total. The summed E-state index contributed by atoms with van der Waals surface area (Å²) in [6.45, 7) is 12.2. The zero-order valence-electron chi connectivity index (χ0n) is 14.0. The maximum absolute atomic E-state index is 3.85. The van der Waals surface area contributed by atoms with E-state index in [1.165, 1.54) is 37.2 Å². The molecule has 0 aliphatic rings. The summed E-state index contributed by atoms with van der Waals surface area (Å²) in [6.07, 6.45) is 16.1. The standard InChI is InChI=1S/C18H30S2Se2/c1-5-9-13-17(19-15-11-7-3)21-22-18(14-10-6-2)20-16-12-8-4/h5-6,13-14H,1-2,7-12,15-16H2,3-4H3/b17-13-,18-14-. The van der Waals surface area contributed by atoms with Crippen molar-refractivity contribution in [1.82, 2.24) is 0 Å². The van der Waals surface area contributed by atoms with Crippen molar-refractivity contribution in [3.63, 3.8) is 0 Å². The van der Waals surface area contributed by atoms with E-state index in [2.05, 4.69) is 62.7 Å². The number of allylic oxidation sites excluding steroid dienone is 4. The van der Waals surface area contributed by atoms with Crippen LogP contribution in [0.3, 0.4) is 0 Å². The van der Waals surface area contributed by atoms with E-state index in [9.17, 15) is 0 Å². The van der Waals surface area contributed by atoms with Crippen LogP contribution in [0.1, 0.15) is 52.4 Å². The Balaban J connectivity index is 4.44. The molecule has 0 aromatic heterocycles. The maximum atomic E-state index is 3.85. The van der Waals surface area contributed by atoms with Crippen LogP contribution in [0.25, 0.3) is 0 Å². The fourth-order valence-corrected chi connectivity index (χ4v) is 14.0. The average Bonchev–Trinajstić information content (AvgIpc) is 2.54. The summed E-state index contributed by atoms with van der Waals surface area (Å²) < 4.78 is 3.25. The number of unbranched alkanes of at least 4 members (excludes halogenated alkanes) is 2. The zero-order chi connectivity index (χ0) is 16.5. The fraction of sp³-hybridized carbons (Fsp3) is 0.556. The Hall–Kier alpha value is 0.699. The van der Waals surface area contributed by atoms with E-state index in [4.69, 9.17) is 0 Å². The molecule has 0 amide bonds. The van der Waals surface area contributed by atoms with Crippen molar-refractivity contribution >= 4 is 49.8 Å². The summed E-state index contributed by atoms with van der Waals surface area (Å²) in [6, 6.07) is 0. The topological polar surface area (TPSA) is 0 Å². The van der Waals surface area contributed by atoms with Crippen LogP contribution >= 0.6 is 23.5 Å². The third-order valence-electron chi connectivity index (χ3n) is 2.59. The minimum absolute atomic E-state index is 0.626. The Morgan fingerprint density at radius 1 is 0.818 bits per heavy atom. The van der Waals surface area contributed by atoms with Crippen molar-refractivity contribution in [3.05, 3.63) is 45.1 Å². The van der Waals surface area contributed by atoms with Crippen LogP contribution in [0.5, 0.6) is 0 Å². The van der Waals surface area contributed by atoms with Gasteiger partial charge in [-0.25, -0.2) is 0 Å². The van der Waals surface area contributed by atoms with Crippen LogP contribution < -0.4 is 0 Å². The van der Waals surface area contributed by atoms with Crippen molar-refractivity contribution in [2.75, 3.05) is 11.5 Å². The van der Waals surface area contributed by atoms with Crippen LogP contribution in [-0.4, -0.2) is 37.8 Å². The molecular weight excluding hydrogens is 438 g/mol. The number of rotatable bonds is 15. The summed E-state index contributed by atoms with van der Waals surface area (Å²) in [5.41, 5.74) is 0. The molecule has 22 heavy (non-hydrogen) atoms. The first-order valence-corrected chi connectivity index (χ1v) is 16.0. The molecule has 126 valence electrons. The van der Waals surface area contributed by atoms with Crippen molar-refractivity contribution < 1.29 is 0 Å². The molecule has 0 saturated heterocycles. The van der Waals surface area contributed by atoms with Gasteiger partial charge in [0.15, 0.2) is 0 Å². The summed E-state index contributed by atoms with van der Waals surface area (Å²) in [5.74, 6) is 2.54. The van der Waals surface area contributed by atoms with Crippen LogP contribution in [0.2, 0.25) is 0 Å². The second-order valence-corrected chi connectivity index (χ2v) is 14.3. The van der Waals surface area contributed by atoms with Gasteiger partial charge in [-0.3, -0.25) is 0 Å². The molecule has 0 bridgehead atoms. The van der Waals surface area contributed by atoms with E-state index in [1.807, 2.05) is 12.2 Å². The van der Waals surface area contributed by atoms with Gasteiger partial charge in [0.1, 0.15) is 0 Å². The van der Waals surface area contributed by atoms with E-state index in [1.54, 1.807) is 7.61 Å². The molecule has 0 aliphatic carbocycles. The Morgan fingerprint density at radius 3 is 1.55 bits per heavy atom. The molecule has 0 heterocycles. The quantitative estimate of drug-likeness (QED) is 0.159. The van der Waals surface area contributed by atoms with E-state index in [-0.39, 0.29) is 0 Å². The van der Waals surface area contributed by atoms with E-state index in [0.717, 1.165) is 12.8 Å². The molecule has 0 unspecified atom stereocenters. The first-order valence-electron chi connectivity index (χ1n) is 8.00. The Bertz CT molecular complexity index is 315. The first-order chi connectivity index (χ1) is 10.8. The van der Waals surface area contributed by atoms with Crippen molar-refractivity contribution in [3.8, 4) is 0 Å². The van der Waals surface area contributed by atoms with Gasteiger partial charge in [0.25, 0.3) is 0 Å². The Morgan fingerprint density at radius 2 is 1.23 bits per heavy atom. The van der Waals surface area contributed by atoms with Crippen LogP contribution in [0, 0.1) is 0 Å². The predicted molar refractivity (Wildman–Crippen MR) is 112 cm³/mol. The second kappa shape index (κ2) is 18.0. The summed E-state index contributed by atoms with van der Waals surface area (Å²) in [7, 11) is 0. The Labute approximate surface area is 158 Å². The SMILES string of the molecule is C=CC/C=C(/SCCCC)[Se][Se]/C(=C\CC=C)SCCCC.